The number of carboxylic acids is 1. The Morgan fingerprint density at radius 1 is 1.29 bits per heavy atom. The van der Waals surface area contributed by atoms with Crippen LogP contribution in [0.25, 0.3) is 0 Å². The minimum Gasteiger partial charge on any atom is -0.480 e. The maximum atomic E-state index is 11.3. The molecule has 0 aliphatic carbocycles. The summed E-state index contributed by atoms with van der Waals surface area (Å²) in [7, 11) is 0. The number of hydrogen-bond donors (Lipinski definition) is 3. The Bertz CT molecular complexity index is 379. The van der Waals surface area contributed by atoms with Crippen LogP contribution in [-0.2, 0) is 16.0 Å². The largest absolute Gasteiger partial charge is 0.480 e. The van der Waals surface area contributed by atoms with Crippen LogP contribution >= 0.6 is 0 Å². The Labute approximate surface area is 99.6 Å². The third kappa shape index (κ3) is 5.12. The first kappa shape index (κ1) is 13.2. The fourth-order valence-corrected chi connectivity index (χ4v) is 1.35. The van der Waals surface area contributed by atoms with Gasteiger partial charge in [-0.1, -0.05) is 30.3 Å². The number of benzene rings is 1. The van der Waals surface area contributed by atoms with Crippen molar-refractivity contribution in [3.8, 4) is 0 Å². The zero-order valence-electron chi connectivity index (χ0n) is 9.43. The average molecular weight is 236 g/mol. The molecular formula is C12H16N2O3. The zero-order chi connectivity index (χ0) is 12.7. The van der Waals surface area contributed by atoms with Gasteiger partial charge in [0, 0.05) is 6.54 Å². The van der Waals surface area contributed by atoms with Gasteiger partial charge in [0.05, 0.1) is 6.42 Å². The first-order valence-corrected chi connectivity index (χ1v) is 5.38. The van der Waals surface area contributed by atoms with Crippen LogP contribution < -0.4 is 11.1 Å². The van der Waals surface area contributed by atoms with Crippen molar-refractivity contribution in [2.75, 3.05) is 6.54 Å². The first-order valence-electron chi connectivity index (χ1n) is 5.38. The molecule has 0 saturated heterocycles. The Hall–Kier alpha value is -1.88. The molecule has 0 aliphatic heterocycles. The van der Waals surface area contributed by atoms with Crippen molar-refractivity contribution < 1.29 is 14.7 Å². The lowest BCUT2D eigenvalue weighted by Gasteiger charge is -2.07. The number of rotatable bonds is 6. The smallest absolute Gasteiger partial charge is 0.321 e. The van der Waals surface area contributed by atoms with Crippen molar-refractivity contribution in [3.63, 3.8) is 0 Å². The summed E-state index contributed by atoms with van der Waals surface area (Å²) in [5.74, 6) is -1.50. The van der Waals surface area contributed by atoms with Gasteiger partial charge in [-0.15, -0.1) is 0 Å². The van der Waals surface area contributed by atoms with E-state index in [0.29, 0.717) is 6.54 Å². The van der Waals surface area contributed by atoms with E-state index < -0.39 is 12.0 Å². The van der Waals surface area contributed by atoms with E-state index in [1.807, 2.05) is 30.3 Å². The number of nitrogens with two attached hydrogens (primary N) is 1. The van der Waals surface area contributed by atoms with Crippen LogP contribution in [0.15, 0.2) is 30.3 Å². The Morgan fingerprint density at radius 3 is 2.53 bits per heavy atom. The summed E-state index contributed by atoms with van der Waals surface area (Å²) in [5.41, 5.74) is 6.36. The second-order valence-corrected chi connectivity index (χ2v) is 3.73. The van der Waals surface area contributed by atoms with Crippen molar-refractivity contribution in [3.05, 3.63) is 35.9 Å². The highest BCUT2D eigenvalue weighted by Gasteiger charge is 2.15. The van der Waals surface area contributed by atoms with E-state index in [-0.39, 0.29) is 12.3 Å². The maximum Gasteiger partial charge on any atom is 0.321 e. The van der Waals surface area contributed by atoms with Crippen molar-refractivity contribution in [2.45, 2.75) is 18.9 Å². The van der Waals surface area contributed by atoms with Crippen LogP contribution in [0.5, 0.6) is 0 Å². The highest BCUT2D eigenvalue weighted by atomic mass is 16.4. The Balaban J connectivity index is 2.23. The quantitative estimate of drug-likeness (QED) is 0.655. The summed E-state index contributed by atoms with van der Waals surface area (Å²) in [6, 6.07) is 8.58. The molecule has 4 N–H and O–H groups in total. The summed E-state index contributed by atoms with van der Waals surface area (Å²) in [6.07, 6.45) is 0.527. The van der Waals surface area contributed by atoms with E-state index in [1.54, 1.807) is 0 Å². The lowest BCUT2D eigenvalue weighted by Crippen LogP contribution is -2.37. The predicted molar refractivity (Wildman–Crippen MR) is 63.4 cm³/mol. The van der Waals surface area contributed by atoms with Crippen molar-refractivity contribution in [1.82, 2.24) is 5.32 Å². The van der Waals surface area contributed by atoms with E-state index in [4.69, 9.17) is 10.8 Å². The van der Waals surface area contributed by atoms with Crippen molar-refractivity contribution in [1.29, 1.82) is 0 Å². The van der Waals surface area contributed by atoms with Gasteiger partial charge >= 0.3 is 5.97 Å². The number of carbonyl (C=O) groups excluding carboxylic acids is 1. The summed E-state index contributed by atoms with van der Waals surface area (Å²) >= 11 is 0. The number of aliphatic carboxylic acids is 1. The van der Waals surface area contributed by atoms with E-state index in [1.165, 1.54) is 0 Å². The topological polar surface area (TPSA) is 92.4 Å². The number of carbonyl (C=O) groups is 2. The van der Waals surface area contributed by atoms with Gasteiger partial charge in [-0.05, 0) is 12.0 Å². The normalized spacial score (nSPS) is 11.8. The van der Waals surface area contributed by atoms with Gasteiger partial charge < -0.3 is 16.2 Å². The molecule has 1 unspecified atom stereocenters. The van der Waals surface area contributed by atoms with Gasteiger partial charge in [-0.25, -0.2) is 0 Å². The molecule has 17 heavy (non-hydrogen) atoms. The Kier molecular flexibility index (Phi) is 5.16. The van der Waals surface area contributed by atoms with Gasteiger partial charge in [-0.2, -0.15) is 0 Å². The van der Waals surface area contributed by atoms with Crippen molar-refractivity contribution in [2.24, 2.45) is 5.73 Å². The number of amides is 1. The van der Waals surface area contributed by atoms with Crippen LogP contribution in [0.3, 0.4) is 0 Å². The predicted octanol–water partition coefficient (Wildman–Crippen LogP) is 0.147. The monoisotopic (exact) mass is 236 g/mol. The molecule has 1 amide bonds. The molecule has 0 spiro atoms. The highest BCUT2D eigenvalue weighted by molar-refractivity contribution is 5.84. The van der Waals surface area contributed by atoms with E-state index in [9.17, 15) is 9.59 Å². The standard InChI is InChI=1S/C12H16N2O3/c13-10(12(16)17)8-11(15)14-7-6-9-4-2-1-3-5-9/h1-5,10H,6-8,13H2,(H,14,15)(H,16,17). The molecule has 0 fully saturated rings. The van der Waals surface area contributed by atoms with Gasteiger partial charge in [0.15, 0.2) is 0 Å². The third-order valence-corrected chi connectivity index (χ3v) is 2.30. The summed E-state index contributed by atoms with van der Waals surface area (Å²) in [4.78, 5) is 21.7. The minimum absolute atomic E-state index is 0.190. The van der Waals surface area contributed by atoms with Crippen LogP contribution in [0, 0.1) is 0 Å². The summed E-state index contributed by atoms with van der Waals surface area (Å²) in [5, 5.41) is 11.2. The molecule has 1 aromatic rings. The zero-order valence-corrected chi connectivity index (χ0v) is 9.43. The number of carboxylic acid groups (broad SMARTS) is 1. The highest BCUT2D eigenvalue weighted by Crippen LogP contribution is 1.98. The summed E-state index contributed by atoms with van der Waals surface area (Å²) < 4.78 is 0. The van der Waals surface area contributed by atoms with Crippen LogP contribution in [0.2, 0.25) is 0 Å². The summed E-state index contributed by atoms with van der Waals surface area (Å²) in [6.45, 7) is 0.481. The molecule has 0 saturated carbocycles. The number of nitrogens with one attached hydrogen (secondary N) is 1. The molecule has 0 aliphatic rings. The first-order chi connectivity index (χ1) is 8.09. The average Bonchev–Trinajstić information content (AvgIpc) is 2.30. The second kappa shape index (κ2) is 6.65. The van der Waals surface area contributed by atoms with Crippen LogP contribution in [0.1, 0.15) is 12.0 Å². The lowest BCUT2D eigenvalue weighted by atomic mass is 10.1. The molecular weight excluding hydrogens is 220 g/mol. The lowest BCUT2D eigenvalue weighted by molar-refractivity contribution is -0.140. The van der Waals surface area contributed by atoms with Gasteiger partial charge in [0.2, 0.25) is 5.91 Å². The fraction of sp³-hybridized carbons (Fsp3) is 0.333. The minimum atomic E-state index is -1.16. The maximum absolute atomic E-state index is 11.3. The second-order valence-electron chi connectivity index (χ2n) is 3.73. The van der Waals surface area contributed by atoms with Gasteiger partial charge in [-0.3, -0.25) is 9.59 Å². The molecule has 1 rings (SSSR count). The molecule has 92 valence electrons. The SMILES string of the molecule is NC(CC(=O)NCCc1ccccc1)C(=O)O. The molecule has 0 heterocycles. The van der Waals surface area contributed by atoms with Crippen LogP contribution in [0.4, 0.5) is 0 Å². The molecule has 0 radical (unpaired) electrons. The molecule has 0 bridgehead atoms. The third-order valence-electron chi connectivity index (χ3n) is 2.30. The van der Waals surface area contributed by atoms with E-state index in [0.717, 1.165) is 12.0 Å². The van der Waals surface area contributed by atoms with Crippen molar-refractivity contribution >= 4 is 11.9 Å². The van der Waals surface area contributed by atoms with Gasteiger partial charge in [0.1, 0.15) is 6.04 Å². The fourth-order valence-electron chi connectivity index (χ4n) is 1.35. The molecule has 1 atom stereocenters. The molecule has 5 nitrogen and oxygen atoms in total. The molecule has 5 heteroatoms. The number of hydrogen-bond acceptors (Lipinski definition) is 3. The Morgan fingerprint density at radius 2 is 1.94 bits per heavy atom. The molecule has 1 aromatic carbocycles. The van der Waals surface area contributed by atoms with E-state index in [2.05, 4.69) is 5.32 Å². The van der Waals surface area contributed by atoms with E-state index >= 15 is 0 Å². The van der Waals surface area contributed by atoms with Gasteiger partial charge in [0.25, 0.3) is 0 Å². The molecule has 0 aromatic heterocycles. The van der Waals surface area contributed by atoms with Crippen LogP contribution in [-0.4, -0.2) is 29.6 Å².